The lowest BCUT2D eigenvalue weighted by Gasteiger charge is -2.41. The molecule has 4 rings (SSSR count). The van der Waals surface area contributed by atoms with Crippen LogP contribution in [-0.4, -0.2) is 12.8 Å². The van der Waals surface area contributed by atoms with Crippen LogP contribution in [0.25, 0.3) is 0 Å². The Labute approximate surface area is 125 Å². The summed E-state index contributed by atoms with van der Waals surface area (Å²) in [5.74, 6) is 0.0548. The van der Waals surface area contributed by atoms with Crippen molar-refractivity contribution in [2.45, 2.75) is 25.3 Å². The quantitative estimate of drug-likeness (QED) is 0.743. The first-order valence-electron chi connectivity index (χ1n) is 7.76. The summed E-state index contributed by atoms with van der Waals surface area (Å²) >= 11 is 0. The minimum atomic E-state index is 0.0548. The predicted octanol–water partition coefficient (Wildman–Crippen LogP) is 3.55. The molecule has 21 heavy (non-hydrogen) atoms. The fourth-order valence-corrected chi connectivity index (χ4v) is 3.98. The number of rotatable bonds is 1. The highest BCUT2D eigenvalue weighted by Gasteiger charge is 2.37. The van der Waals surface area contributed by atoms with Gasteiger partial charge in [0.05, 0.1) is 6.04 Å². The van der Waals surface area contributed by atoms with Gasteiger partial charge in [-0.25, -0.2) is 0 Å². The van der Waals surface area contributed by atoms with Crippen LogP contribution < -0.4 is 4.90 Å². The number of aldehydes is 1. The molecule has 0 saturated heterocycles. The molecule has 106 valence electrons. The van der Waals surface area contributed by atoms with Gasteiger partial charge < -0.3 is 9.69 Å². The highest BCUT2D eigenvalue weighted by atomic mass is 16.1. The molecule has 0 unspecified atom stereocenters. The number of aryl methyl sites for hydroxylation is 1. The van der Waals surface area contributed by atoms with Gasteiger partial charge in [-0.2, -0.15) is 0 Å². The average Bonchev–Trinajstić information content (AvgIpc) is 2.74. The zero-order valence-electron chi connectivity index (χ0n) is 12.0. The molecule has 0 aliphatic carbocycles. The van der Waals surface area contributed by atoms with Crippen LogP contribution in [0.15, 0.2) is 48.5 Å². The zero-order chi connectivity index (χ0) is 14.2. The molecule has 2 aromatic rings. The van der Waals surface area contributed by atoms with Crippen LogP contribution in [0.4, 0.5) is 5.69 Å². The van der Waals surface area contributed by atoms with E-state index in [0.717, 1.165) is 32.1 Å². The van der Waals surface area contributed by atoms with E-state index >= 15 is 0 Å². The van der Waals surface area contributed by atoms with Gasteiger partial charge in [0, 0.05) is 18.2 Å². The van der Waals surface area contributed by atoms with Crippen LogP contribution in [0.2, 0.25) is 0 Å². The number of nitrogens with zero attached hydrogens (tertiary/aromatic N) is 1. The minimum Gasteiger partial charge on any atom is -0.364 e. The molecule has 0 spiro atoms. The van der Waals surface area contributed by atoms with Crippen molar-refractivity contribution in [2.75, 3.05) is 11.4 Å². The number of fused-ring (bicyclic) bond motifs is 5. The standard InChI is InChI=1S/C19H19NO/c21-13-16-12-15-7-2-4-10-18(15)20-11-5-8-14-6-1-3-9-17(14)19(16)20/h1-4,6-7,9-10,13,16,19H,5,8,11-12H2/t16-,19+/m0/s1. The van der Waals surface area contributed by atoms with Crippen molar-refractivity contribution in [3.8, 4) is 0 Å². The molecular weight excluding hydrogens is 258 g/mol. The van der Waals surface area contributed by atoms with Gasteiger partial charge >= 0.3 is 0 Å². The van der Waals surface area contributed by atoms with Crippen LogP contribution >= 0.6 is 0 Å². The van der Waals surface area contributed by atoms with Gasteiger partial charge in [-0.05, 0) is 42.0 Å². The average molecular weight is 277 g/mol. The third kappa shape index (κ3) is 1.98. The second kappa shape index (κ2) is 5.03. The number of hydrogen-bond donors (Lipinski definition) is 0. The largest absolute Gasteiger partial charge is 0.364 e. The van der Waals surface area contributed by atoms with Crippen molar-refractivity contribution in [1.82, 2.24) is 0 Å². The van der Waals surface area contributed by atoms with E-state index in [0.29, 0.717) is 0 Å². The van der Waals surface area contributed by atoms with Crippen molar-refractivity contribution in [1.29, 1.82) is 0 Å². The van der Waals surface area contributed by atoms with Gasteiger partial charge in [0.1, 0.15) is 6.29 Å². The van der Waals surface area contributed by atoms with E-state index in [-0.39, 0.29) is 12.0 Å². The maximum atomic E-state index is 11.7. The summed E-state index contributed by atoms with van der Waals surface area (Å²) in [4.78, 5) is 14.2. The molecule has 2 aromatic carbocycles. The Hall–Kier alpha value is -2.09. The second-order valence-corrected chi connectivity index (χ2v) is 6.07. The molecule has 0 fully saturated rings. The van der Waals surface area contributed by atoms with Gasteiger partial charge in [-0.3, -0.25) is 0 Å². The predicted molar refractivity (Wildman–Crippen MR) is 84.6 cm³/mol. The molecule has 2 nitrogen and oxygen atoms in total. The number of hydrogen-bond acceptors (Lipinski definition) is 2. The first-order chi connectivity index (χ1) is 10.4. The smallest absolute Gasteiger partial charge is 0.125 e. The first-order valence-corrected chi connectivity index (χ1v) is 7.76. The Morgan fingerprint density at radius 2 is 1.76 bits per heavy atom. The Morgan fingerprint density at radius 3 is 2.62 bits per heavy atom. The molecule has 0 bridgehead atoms. The number of carbonyl (C=O) groups is 1. The molecule has 0 radical (unpaired) electrons. The number of para-hydroxylation sites is 1. The lowest BCUT2D eigenvalue weighted by Crippen LogP contribution is -2.39. The highest BCUT2D eigenvalue weighted by molar-refractivity contribution is 5.67. The molecule has 0 aromatic heterocycles. The first kappa shape index (κ1) is 12.6. The van der Waals surface area contributed by atoms with Gasteiger partial charge in [0.25, 0.3) is 0 Å². The maximum absolute atomic E-state index is 11.7. The third-order valence-corrected chi connectivity index (χ3v) is 4.89. The fraction of sp³-hybridized carbons (Fsp3) is 0.316. The molecule has 2 heterocycles. The number of anilines is 1. The van der Waals surface area contributed by atoms with Crippen LogP contribution in [-0.2, 0) is 17.6 Å². The van der Waals surface area contributed by atoms with E-state index in [2.05, 4.69) is 53.4 Å². The monoisotopic (exact) mass is 277 g/mol. The van der Waals surface area contributed by atoms with E-state index in [1.165, 1.54) is 22.4 Å². The summed E-state index contributed by atoms with van der Waals surface area (Å²) in [7, 11) is 0. The normalized spacial score (nSPS) is 23.5. The van der Waals surface area contributed by atoms with Crippen molar-refractivity contribution >= 4 is 12.0 Å². The summed E-state index contributed by atoms with van der Waals surface area (Å²) in [5, 5.41) is 0. The van der Waals surface area contributed by atoms with Crippen LogP contribution in [0.3, 0.4) is 0 Å². The summed E-state index contributed by atoms with van der Waals surface area (Å²) < 4.78 is 0. The van der Waals surface area contributed by atoms with Crippen molar-refractivity contribution in [3.05, 3.63) is 65.2 Å². The van der Waals surface area contributed by atoms with Crippen LogP contribution in [0.1, 0.15) is 29.2 Å². The molecule has 2 aliphatic heterocycles. The van der Waals surface area contributed by atoms with Gasteiger partial charge in [-0.1, -0.05) is 42.5 Å². The minimum absolute atomic E-state index is 0.0548. The SMILES string of the molecule is O=C[C@@H]1Cc2ccccc2N2CCCc3ccccc3[C@@H]12. The summed E-state index contributed by atoms with van der Waals surface area (Å²) in [5.41, 5.74) is 5.39. The number of carbonyl (C=O) groups excluding carboxylic acids is 1. The Morgan fingerprint density at radius 1 is 1.00 bits per heavy atom. The Balaban J connectivity index is 1.90. The zero-order valence-corrected chi connectivity index (χ0v) is 12.0. The molecule has 0 N–H and O–H groups in total. The van der Waals surface area contributed by atoms with Crippen LogP contribution in [0.5, 0.6) is 0 Å². The molecule has 2 atom stereocenters. The topological polar surface area (TPSA) is 20.3 Å². The molecular formula is C19H19NO. The van der Waals surface area contributed by atoms with Gasteiger partial charge in [0.15, 0.2) is 0 Å². The van der Waals surface area contributed by atoms with Crippen LogP contribution in [0, 0.1) is 5.92 Å². The fourth-order valence-electron chi connectivity index (χ4n) is 3.98. The summed E-state index contributed by atoms with van der Waals surface area (Å²) in [6, 6.07) is 17.4. The second-order valence-electron chi connectivity index (χ2n) is 6.07. The molecule has 2 aliphatic rings. The van der Waals surface area contributed by atoms with Gasteiger partial charge in [-0.15, -0.1) is 0 Å². The van der Waals surface area contributed by atoms with Gasteiger partial charge in [0.2, 0.25) is 0 Å². The highest BCUT2D eigenvalue weighted by Crippen LogP contribution is 2.43. The maximum Gasteiger partial charge on any atom is 0.125 e. The Kier molecular flexibility index (Phi) is 3.03. The van der Waals surface area contributed by atoms with E-state index in [4.69, 9.17) is 0 Å². The lowest BCUT2D eigenvalue weighted by molar-refractivity contribution is -0.111. The third-order valence-electron chi connectivity index (χ3n) is 4.89. The summed E-state index contributed by atoms with van der Waals surface area (Å²) in [6.45, 7) is 1.03. The van der Waals surface area contributed by atoms with Crippen molar-refractivity contribution in [2.24, 2.45) is 5.92 Å². The number of benzene rings is 2. The molecule has 0 amide bonds. The van der Waals surface area contributed by atoms with Crippen molar-refractivity contribution < 1.29 is 4.79 Å². The van der Waals surface area contributed by atoms with Crippen molar-refractivity contribution in [3.63, 3.8) is 0 Å². The van der Waals surface area contributed by atoms with E-state index in [1.54, 1.807) is 0 Å². The molecule has 0 saturated carbocycles. The lowest BCUT2D eigenvalue weighted by atomic mass is 9.82. The van der Waals surface area contributed by atoms with E-state index in [1.807, 2.05) is 0 Å². The molecule has 2 heteroatoms. The van der Waals surface area contributed by atoms with E-state index in [9.17, 15) is 4.79 Å². The summed E-state index contributed by atoms with van der Waals surface area (Å²) in [6.07, 6.45) is 4.27. The van der Waals surface area contributed by atoms with E-state index < -0.39 is 0 Å². The Bertz CT molecular complexity index is 679.